The molecule has 0 fully saturated rings. The summed E-state index contributed by atoms with van der Waals surface area (Å²) in [7, 11) is 0. The fourth-order valence-corrected chi connectivity index (χ4v) is 0.854. The summed E-state index contributed by atoms with van der Waals surface area (Å²) in [5.74, 6) is 0. The van der Waals surface area contributed by atoms with E-state index in [1.165, 1.54) is 43.3 Å². The first-order valence-corrected chi connectivity index (χ1v) is 5.27. The van der Waals surface area contributed by atoms with Gasteiger partial charge in [0.2, 0.25) is 0 Å². The smallest absolute Gasteiger partial charge is 0.0326 e. The number of unbranched alkanes of at least 4 members (excludes halogenated alkanes) is 3. The Hall–Kier alpha value is -0.520. The van der Waals surface area contributed by atoms with Crippen LogP contribution in [0.2, 0.25) is 0 Å². The van der Waals surface area contributed by atoms with Crippen molar-refractivity contribution in [2.24, 2.45) is 0 Å². The van der Waals surface area contributed by atoms with E-state index in [-0.39, 0.29) is 0 Å². The van der Waals surface area contributed by atoms with Gasteiger partial charge in [0.1, 0.15) is 0 Å². The summed E-state index contributed by atoms with van der Waals surface area (Å²) in [4.78, 5) is 0. The summed E-state index contributed by atoms with van der Waals surface area (Å²) in [6.07, 6.45) is 6.65. The highest BCUT2D eigenvalue weighted by atomic mass is 13.9. The highest BCUT2D eigenvalue weighted by Crippen LogP contribution is 2.06. The zero-order chi connectivity index (χ0) is 10.7. The second-order valence-corrected chi connectivity index (χ2v) is 3.97. The Morgan fingerprint density at radius 2 is 1.38 bits per heavy atom. The van der Waals surface area contributed by atoms with Crippen LogP contribution in [0.1, 0.15) is 59.8 Å². The summed E-state index contributed by atoms with van der Waals surface area (Å²) in [5, 5.41) is 0. The standard InChI is InChI=1S/C9H18.C4H8/c1-4-5-6-7-8-9(2)3;1-4(2)3/h2,4-8H2,1,3H3;1H2,2-3H3. The largest absolute Gasteiger partial charge is 0.100 e. The minimum absolute atomic E-state index is 1.17. The molecule has 0 amide bonds. The zero-order valence-corrected chi connectivity index (χ0v) is 9.95. The molecule has 0 spiro atoms. The number of hydrogen-bond acceptors (Lipinski definition) is 0. The van der Waals surface area contributed by atoms with E-state index in [0.717, 1.165) is 0 Å². The highest BCUT2D eigenvalue weighted by Gasteiger charge is 1.86. The lowest BCUT2D eigenvalue weighted by atomic mass is 10.1. The van der Waals surface area contributed by atoms with Crippen molar-refractivity contribution >= 4 is 0 Å². The molecule has 0 heteroatoms. The van der Waals surface area contributed by atoms with Gasteiger partial charge in [-0.25, -0.2) is 0 Å². The molecule has 0 saturated carbocycles. The molecule has 13 heavy (non-hydrogen) atoms. The van der Waals surface area contributed by atoms with Gasteiger partial charge in [-0.2, -0.15) is 0 Å². The predicted octanol–water partition coefficient (Wildman–Crippen LogP) is 5.12. The summed E-state index contributed by atoms with van der Waals surface area (Å²) in [6.45, 7) is 15.7. The van der Waals surface area contributed by atoms with E-state index in [1.807, 2.05) is 13.8 Å². The van der Waals surface area contributed by atoms with E-state index in [9.17, 15) is 0 Å². The molecule has 0 aliphatic heterocycles. The quantitative estimate of drug-likeness (QED) is 0.409. The minimum atomic E-state index is 1.17. The Bertz CT molecular complexity index is 127. The number of allylic oxidation sites excluding steroid dienone is 2. The van der Waals surface area contributed by atoms with Crippen LogP contribution in [0.15, 0.2) is 24.3 Å². The van der Waals surface area contributed by atoms with Crippen LogP contribution in [0.3, 0.4) is 0 Å². The van der Waals surface area contributed by atoms with Gasteiger partial charge in [0.15, 0.2) is 0 Å². The molecule has 0 aromatic rings. The molecule has 0 aliphatic carbocycles. The number of rotatable bonds is 5. The molecule has 0 aromatic heterocycles. The lowest BCUT2D eigenvalue weighted by Crippen LogP contribution is -1.76. The van der Waals surface area contributed by atoms with Gasteiger partial charge < -0.3 is 0 Å². The van der Waals surface area contributed by atoms with E-state index < -0.39 is 0 Å². The van der Waals surface area contributed by atoms with Gasteiger partial charge >= 0.3 is 0 Å². The van der Waals surface area contributed by atoms with Crippen LogP contribution in [0.25, 0.3) is 0 Å². The van der Waals surface area contributed by atoms with E-state index >= 15 is 0 Å². The van der Waals surface area contributed by atoms with Gasteiger partial charge in [0.05, 0.1) is 0 Å². The molecule has 0 rings (SSSR count). The molecule has 78 valence electrons. The molecule has 0 unspecified atom stereocenters. The van der Waals surface area contributed by atoms with Crippen LogP contribution in [0.4, 0.5) is 0 Å². The lowest BCUT2D eigenvalue weighted by molar-refractivity contribution is 0.665. The average molecular weight is 182 g/mol. The van der Waals surface area contributed by atoms with E-state index in [4.69, 9.17) is 0 Å². The number of hydrogen-bond donors (Lipinski definition) is 0. The Balaban J connectivity index is 0. The van der Waals surface area contributed by atoms with Gasteiger partial charge in [0, 0.05) is 0 Å². The molecule has 0 radical (unpaired) electrons. The summed E-state index contributed by atoms with van der Waals surface area (Å²) in [5.41, 5.74) is 2.49. The summed E-state index contributed by atoms with van der Waals surface area (Å²) >= 11 is 0. The predicted molar refractivity (Wildman–Crippen MR) is 64.1 cm³/mol. The third-order valence-electron chi connectivity index (χ3n) is 1.46. The van der Waals surface area contributed by atoms with Gasteiger partial charge in [0.25, 0.3) is 0 Å². The molecule has 0 nitrogen and oxygen atoms in total. The Morgan fingerprint density at radius 3 is 1.69 bits per heavy atom. The Morgan fingerprint density at radius 1 is 0.923 bits per heavy atom. The first-order valence-electron chi connectivity index (χ1n) is 5.27. The third kappa shape index (κ3) is 34.4. The van der Waals surface area contributed by atoms with Crippen molar-refractivity contribution in [3.63, 3.8) is 0 Å². The molecule has 0 aromatic carbocycles. The second kappa shape index (κ2) is 11.5. The SMILES string of the molecule is C=C(C)C.C=C(C)CCCCCC. The molecule has 0 N–H and O–H groups in total. The Labute approximate surface area is 84.7 Å². The minimum Gasteiger partial charge on any atom is -0.100 e. The maximum Gasteiger partial charge on any atom is -0.0326 e. The fourth-order valence-electron chi connectivity index (χ4n) is 0.854. The van der Waals surface area contributed by atoms with Crippen LogP contribution < -0.4 is 0 Å². The van der Waals surface area contributed by atoms with Crippen molar-refractivity contribution in [3.8, 4) is 0 Å². The van der Waals surface area contributed by atoms with E-state index in [1.54, 1.807) is 0 Å². The maximum atomic E-state index is 3.85. The Kier molecular flexibility index (Phi) is 13.2. The van der Waals surface area contributed by atoms with Gasteiger partial charge in [-0.1, -0.05) is 37.3 Å². The van der Waals surface area contributed by atoms with Crippen LogP contribution in [-0.4, -0.2) is 0 Å². The normalized spacial score (nSPS) is 8.62. The molecule has 0 bridgehead atoms. The summed E-state index contributed by atoms with van der Waals surface area (Å²) < 4.78 is 0. The van der Waals surface area contributed by atoms with Gasteiger partial charge in [-0.3, -0.25) is 0 Å². The zero-order valence-electron chi connectivity index (χ0n) is 9.95. The fraction of sp³-hybridized carbons (Fsp3) is 0.692. The molecular weight excluding hydrogens is 156 g/mol. The van der Waals surface area contributed by atoms with Crippen LogP contribution >= 0.6 is 0 Å². The van der Waals surface area contributed by atoms with Crippen molar-refractivity contribution in [1.82, 2.24) is 0 Å². The van der Waals surface area contributed by atoms with E-state index in [0.29, 0.717) is 0 Å². The third-order valence-corrected chi connectivity index (χ3v) is 1.46. The van der Waals surface area contributed by atoms with E-state index in [2.05, 4.69) is 27.0 Å². The van der Waals surface area contributed by atoms with Crippen molar-refractivity contribution in [1.29, 1.82) is 0 Å². The van der Waals surface area contributed by atoms with Crippen molar-refractivity contribution < 1.29 is 0 Å². The average Bonchev–Trinajstić information content (AvgIpc) is 1.97. The molecule has 0 atom stereocenters. The second-order valence-electron chi connectivity index (χ2n) is 3.97. The molecule has 0 heterocycles. The monoisotopic (exact) mass is 182 g/mol. The highest BCUT2D eigenvalue weighted by molar-refractivity contribution is 4.86. The van der Waals surface area contributed by atoms with Crippen molar-refractivity contribution in [2.45, 2.75) is 59.8 Å². The molecule has 0 saturated heterocycles. The van der Waals surface area contributed by atoms with Gasteiger partial charge in [-0.05, 0) is 33.6 Å². The van der Waals surface area contributed by atoms with Crippen LogP contribution in [-0.2, 0) is 0 Å². The summed E-state index contributed by atoms with van der Waals surface area (Å²) in [6, 6.07) is 0. The first kappa shape index (κ1) is 15.0. The molecule has 0 aliphatic rings. The van der Waals surface area contributed by atoms with Crippen molar-refractivity contribution in [3.05, 3.63) is 24.3 Å². The molecular formula is C13H26. The van der Waals surface area contributed by atoms with Gasteiger partial charge in [-0.15, -0.1) is 13.2 Å². The van der Waals surface area contributed by atoms with Crippen molar-refractivity contribution in [2.75, 3.05) is 0 Å². The van der Waals surface area contributed by atoms with Crippen LogP contribution in [0.5, 0.6) is 0 Å². The maximum absolute atomic E-state index is 3.85. The first-order chi connectivity index (χ1) is 6.00. The topological polar surface area (TPSA) is 0 Å². The van der Waals surface area contributed by atoms with Crippen LogP contribution in [0, 0.1) is 0 Å². The lowest BCUT2D eigenvalue weighted by Gasteiger charge is -1.96.